The van der Waals surface area contributed by atoms with Crippen molar-refractivity contribution in [3.63, 3.8) is 0 Å². The van der Waals surface area contributed by atoms with Crippen LogP contribution in [0.1, 0.15) is 12.8 Å². The van der Waals surface area contributed by atoms with Crippen LogP contribution in [0.5, 0.6) is 0 Å². The topological polar surface area (TPSA) is 82.4 Å². The number of aromatic nitrogens is 2. The molecule has 0 aliphatic rings. The minimum atomic E-state index is -0.814. The average Bonchev–Trinajstić information content (AvgIpc) is 2.52. The zero-order chi connectivity index (χ0) is 15.9. The van der Waals surface area contributed by atoms with Gasteiger partial charge in [0.2, 0.25) is 0 Å². The molecule has 0 saturated carbocycles. The van der Waals surface area contributed by atoms with Crippen molar-refractivity contribution in [2.24, 2.45) is 0 Å². The molecule has 0 saturated heterocycles. The molecule has 0 radical (unpaired) electrons. The number of aliphatic carboxylic acids is 2. The molecular weight excluding hydrogens is 444 g/mol. The largest absolute Gasteiger partial charge is 1.00 e. The lowest BCUT2D eigenvalue weighted by atomic mass is 10.1. The van der Waals surface area contributed by atoms with Gasteiger partial charge in [0.15, 0.2) is 37.9 Å². The van der Waals surface area contributed by atoms with Gasteiger partial charge in [0.05, 0.1) is 0 Å². The number of carboxylic acid groups (broad SMARTS) is 2. The second-order valence-corrected chi connectivity index (χ2v) is 4.94. The third-order valence-electron chi connectivity index (χ3n) is 3.28. The van der Waals surface area contributed by atoms with Crippen LogP contribution in [0.4, 0.5) is 0 Å². The molecule has 8 heteroatoms. The van der Waals surface area contributed by atoms with Crippen LogP contribution in [0.3, 0.4) is 0 Å². The fourth-order valence-electron chi connectivity index (χ4n) is 2.05. The van der Waals surface area contributed by atoms with E-state index in [1.54, 1.807) is 0 Å². The molecule has 2 heterocycles. The highest BCUT2D eigenvalue weighted by Crippen LogP contribution is 2.15. The second-order valence-electron chi connectivity index (χ2n) is 4.94. The van der Waals surface area contributed by atoms with Gasteiger partial charge in [0, 0.05) is 24.3 Å². The number of pyridine rings is 2. The Morgan fingerprint density at radius 2 is 1.00 bits per heavy atom. The molecule has 0 spiro atoms. The van der Waals surface area contributed by atoms with Gasteiger partial charge in [-0.15, -0.1) is 0 Å². The van der Waals surface area contributed by atoms with Crippen LogP contribution >= 0.6 is 0 Å². The Morgan fingerprint density at radius 3 is 1.25 bits per heavy atom. The van der Waals surface area contributed by atoms with E-state index < -0.39 is 11.9 Å². The Labute approximate surface area is 160 Å². The summed E-state index contributed by atoms with van der Waals surface area (Å²) in [5, 5.41) is 17.3. The number of carbonyl (C=O) groups is 2. The summed E-state index contributed by atoms with van der Waals surface area (Å²) in [6.45, 7) is 0.888. The summed E-state index contributed by atoms with van der Waals surface area (Å²) in [6, 6.07) is 7.72. The standard InChI is InChI=1S/C16H16N2O4.2BrH/c19-15(20)5-11-17-7-1-13(2-8-17)14-3-9-18(10-4-14)12-6-16(21)22;;/h1-4,7-10H,5-6,11-12H2;2*1H. The van der Waals surface area contributed by atoms with Gasteiger partial charge in [0.25, 0.3) is 0 Å². The van der Waals surface area contributed by atoms with Gasteiger partial charge < -0.3 is 44.2 Å². The maximum Gasteiger partial charge on any atom is 0.309 e. The van der Waals surface area contributed by atoms with Crippen molar-refractivity contribution in [3.8, 4) is 11.1 Å². The molecule has 0 unspecified atom stereocenters. The van der Waals surface area contributed by atoms with Gasteiger partial charge in [-0.3, -0.25) is 9.59 Å². The van der Waals surface area contributed by atoms with Crippen LogP contribution in [0, 0.1) is 0 Å². The molecule has 130 valence electrons. The zero-order valence-electron chi connectivity index (χ0n) is 12.8. The first kappa shape index (κ1) is 22.2. The summed E-state index contributed by atoms with van der Waals surface area (Å²) >= 11 is 0. The Bertz CT molecular complexity index is 601. The number of carboxylic acids is 2. The highest BCUT2D eigenvalue weighted by atomic mass is 79.9. The first-order valence-electron chi connectivity index (χ1n) is 6.97. The van der Waals surface area contributed by atoms with E-state index in [1.165, 1.54) is 0 Å². The van der Waals surface area contributed by atoms with Crippen molar-refractivity contribution in [2.75, 3.05) is 0 Å². The van der Waals surface area contributed by atoms with Gasteiger partial charge in [0.1, 0.15) is 12.8 Å². The Balaban J connectivity index is 0.00000264. The molecule has 2 aromatic rings. The molecule has 2 rings (SSSR count). The lowest BCUT2D eigenvalue weighted by molar-refractivity contribution is -0.696. The zero-order valence-corrected chi connectivity index (χ0v) is 16.0. The van der Waals surface area contributed by atoms with Crippen molar-refractivity contribution >= 4 is 11.9 Å². The van der Waals surface area contributed by atoms with E-state index in [4.69, 9.17) is 10.2 Å². The molecule has 6 nitrogen and oxygen atoms in total. The predicted molar refractivity (Wildman–Crippen MR) is 76.8 cm³/mol. The SMILES string of the molecule is O=C(O)CC[n+]1ccc(-c2cc[n+](CCC(=O)O)cc2)cc1.[Br-].[Br-]. The molecule has 0 fully saturated rings. The summed E-state index contributed by atoms with van der Waals surface area (Å²) in [4.78, 5) is 21.1. The quantitative estimate of drug-likeness (QED) is 0.404. The molecule has 0 aliphatic heterocycles. The van der Waals surface area contributed by atoms with Gasteiger partial charge >= 0.3 is 11.9 Å². The molecule has 0 bridgehead atoms. The van der Waals surface area contributed by atoms with E-state index in [0.717, 1.165) is 11.1 Å². The predicted octanol–water partition coefficient (Wildman–Crippen LogP) is -5.11. The highest BCUT2D eigenvalue weighted by molar-refractivity contribution is 5.66. The van der Waals surface area contributed by atoms with Crippen molar-refractivity contribution in [1.29, 1.82) is 0 Å². The molecule has 2 N–H and O–H groups in total. The van der Waals surface area contributed by atoms with Crippen LogP contribution in [0.2, 0.25) is 0 Å². The molecule has 0 aliphatic carbocycles. The lowest BCUT2D eigenvalue weighted by Gasteiger charge is -2.01. The third-order valence-corrected chi connectivity index (χ3v) is 3.28. The fourth-order valence-corrected chi connectivity index (χ4v) is 2.05. The van der Waals surface area contributed by atoms with Crippen molar-refractivity contribution in [2.45, 2.75) is 25.9 Å². The Hall–Kier alpha value is -1.80. The second kappa shape index (κ2) is 10.9. The summed E-state index contributed by atoms with van der Waals surface area (Å²) < 4.78 is 3.65. The van der Waals surface area contributed by atoms with Crippen LogP contribution in [-0.4, -0.2) is 22.2 Å². The fraction of sp³-hybridized carbons (Fsp3) is 0.250. The molecule has 24 heavy (non-hydrogen) atoms. The summed E-state index contributed by atoms with van der Waals surface area (Å²) in [5.41, 5.74) is 2.05. The lowest BCUT2D eigenvalue weighted by Crippen LogP contribution is -3.00. The van der Waals surface area contributed by atoms with Gasteiger partial charge in [-0.05, 0) is 11.1 Å². The number of nitrogens with zero attached hydrogens (tertiary/aromatic N) is 2. The minimum Gasteiger partial charge on any atom is -1.00 e. The third kappa shape index (κ3) is 7.18. The molecule has 0 aromatic carbocycles. The van der Waals surface area contributed by atoms with Crippen LogP contribution in [-0.2, 0) is 22.7 Å². The van der Waals surface area contributed by atoms with Gasteiger partial charge in [-0.2, -0.15) is 0 Å². The van der Waals surface area contributed by atoms with E-state index in [9.17, 15) is 9.59 Å². The van der Waals surface area contributed by atoms with E-state index in [1.807, 2.05) is 58.2 Å². The van der Waals surface area contributed by atoms with Gasteiger partial charge in [-0.25, -0.2) is 9.13 Å². The van der Waals surface area contributed by atoms with Crippen molar-refractivity contribution in [1.82, 2.24) is 0 Å². The van der Waals surface area contributed by atoms with Crippen LogP contribution in [0.15, 0.2) is 49.1 Å². The first-order chi connectivity index (χ1) is 10.5. The van der Waals surface area contributed by atoms with Crippen LogP contribution < -0.4 is 43.1 Å². The van der Waals surface area contributed by atoms with E-state index in [-0.39, 0.29) is 46.8 Å². The van der Waals surface area contributed by atoms with Crippen molar-refractivity contribution < 1.29 is 62.9 Å². The summed E-state index contributed by atoms with van der Waals surface area (Å²) in [5.74, 6) is -1.63. The number of halogens is 2. The van der Waals surface area contributed by atoms with E-state index in [2.05, 4.69) is 0 Å². The highest BCUT2D eigenvalue weighted by Gasteiger charge is 2.08. The normalized spacial score (nSPS) is 9.50. The number of aryl methyl sites for hydroxylation is 2. The summed E-state index contributed by atoms with van der Waals surface area (Å²) in [6.07, 6.45) is 7.60. The monoisotopic (exact) mass is 460 g/mol. The maximum atomic E-state index is 10.5. The molecular formula is C16H18Br2N2O4. The van der Waals surface area contributed by atoms with E-state index >= 15 is 0 Å². The molecule has 2 aromatic heterocycles. The van der Waals surface area contributed by atoms with Gasteiger partial charge in [-0.1, -0.05) is 0 Å². The molecule has 0 amide bonds. The minimum absolute atomic E-state index is 0. The van der Waals surface area contributed by atoms with E-state index in [0.29, 0.717) is 13.1 Å². The smallest absolute Gasteiger partial charge is 0.309 e. The number of hydrogen-bond donors (Lipinski definition) is 2. The average molecular weight is 462 g/mol. The first-order valence-corrected chi connectivity index (χ1v) is 6.97. The van der Waals surface area contributed by atoms with Crippen molar-refractivity contribution in [3.05, 3.63) is 49.1 Å². The number of hydrogen-bond acceptors (Lipinski definition) is 2. The Morgan fingerprint density at radius 1 is 0.708 bits per heavy atom. The molecule has 0 atom stereocenters. The van der Waals surface area contributed by atoms with Crippen LogP contribution in [0.25, 0.3) is 11.1 Å². The summed E-state index contributed by atoms with van der Waals surface area (Å²) in [7, 11) is 0. The Kier molecular flexibility index (Phi) is 10.1. The maximum absolute atomic E-state index is 10.5. The number of rotatable bonds is 7.